The molecule has 1 aromatic rings. The summed E-state index contributed by atoms with van der Waals surface area (Å²) in [4.78, 5) is 26.6. The second-order valence-electron chi connectivity index (χ2n) is 6.81. The molecule has 1 aromatic carbocycles. The monoisotopic (exact) mass is 347 g/mol. The molecule has 1 unspecified atom stereocenters. The van der Waals surface area contributed by atoms with Gasteiger partial charge in [0.15, 0.2) is 0 Å². The zero-order chi connectivity index (χ0) is 18.8. The molecule has 1 atom stereocenters. The van der Waals surface area contributed by atoms with Crippen LogP contribution in [0.3, 0.4) is 0 Å². The van der Waals surface area contributed by atoms with Crippen LogP contribution in [-0.4, -0.2) is 48.9 Å². The maximum absolute atomic E-state index is 12.2. The van der Waals surface area contributed by atoms with E-state index >= 15 is 0 Å². The number of amides is 2. The quantitative estimate of drug-likeness (QED) is 0.684. The second kappa shape index (κ2) is 10.9. The van der Waals surface area contributed by atoms with E-state index in [0.717, 1.165) is 25.1 Å². The van der Waals surface area contributed by atoms with Gasteiger partial charge in [-0.2, -0.15) is 0 Å². The molecule has 0 bridgehead atoms. The number of carbonyl (C=O) groups excluding carboxylic acids is 2. The molecule has 0 radical (unpaired) electrons. The summed E-state index contributed by atoms with van der Waals surface area (Å²) >= 11 is 0. The molecule has 2 amide bonds. The predicted molar refractivity (Wildman–Crippen MR) is 103 cm³/mol. The molecule has 140 valence electrons. The number of carbonyl (C=O) groups is 2. The molecule has 0 saturated heterocycles. The molecule has 0 aliphatic carbocycles. The lowest BCUT2D eigenvalue weighted by Crippen LogP contribution is -2.46. The van der Waals surface area contributed by atoms with Gasteiger partial charge in [-0.15, -0.1) is 0 Å². The Morgan fingerprint density at radius 1 is 1.08 bits per heavy atom. The average molecular weight is 348 g/mol. The highest BCUT2D eigenvalue weighted by Gasteiger charge is 2.18. The van der Waals surface area contributed by atoms with Crippen molar-refractivity contribution in [3.8, 4) is 0 Å². The van der Waals surface area contributed by atoms with Crippen LogP contribution in [0.5, 0.6) is 0 Å². The van der Waals surface area contributed by atoms with Gasteiger partial charge in [-0.1, -0.05) is 45.9 Å². The lowest BCUT2D eigenvalue weighted by molar-refractivity contribution is -0.120. The Balaban J connectivity index is 2.49. The number of benzene rings is 1. The summed E-state index contributed by atoms with van der Waals surface area (Å²) in [6, 6.07) is 7.69. The first-order valence-electron chi connectivity index (χ1n) is 9.23. The van der Waals surface area contributed by atoms with Crippen molar-refractivity contribution in [2.45, 2.75) is 47.1 Å². The maximum Gasteiger partial charge on any atom is 0.251 e. The van der Waals surface area contributed by atoms with E-state index in [9.17, 15) is 9.59 Å². The summed E-state index contributed by atoms with van der Waals surface area (Å²) in [5, 5.41) is 5.66. The molecule has 0 fully saturated rings. The topological polar surface area (TPSA) is 61.4 Å². The number of nitrogens with zero attached hydrogens (tertiary/aromatic N) is 1. The van der Waals surface area contributed by atoms with Gasteiger partial charge in [0.1, 0.15) is 0 Å². The fraction of sp³-hybridized carbons (Fsp3) is 0.600. The van der Waals surface area contributed by atoms with Crippen LogP contribution in [0, 0.1) is 12.8 Å². The van der Waals surface area contributed by atoms with Gasteiger partial charge in [0.05, 0.1) is 6.54 Å². The van der Waals surface area contributed by atoms with Gasteiger partial charge in [0.25, 0.3) is 5.91 Å². The standard InChI is InChI=1S/C20H33N3O2/c1-6-23(7-2)17(12-15(3)4)13-21-19(24)14-22-20(25)18-11-9-8-10-16(18)5/h8-11,15,17H,6-7,12-14H2,1-5H3,(H,21,24)(H,22,25). The summed E-state index contributed by atoms with van der Waals surface area (Å²) in [6.45, 7) is 13.1. The normalized spacial score (nSPS) is 12.3. The van der Waals surface area contributed by atoms with Crippen LogP contribution in [0.25, 0.3) is 0 Å². The van der Waals surface area contributed by atoms with Crippen molar-refractivity contribution in [3.05, 3.63) is 35.4 Å². The van der Waals surface area contributed by atoms with E-state index in [0.29, 0.717) is 24.1 Å². The van der Waals surface area contributed by atoms with E-state index in [2.05, 4.69) is 43.2 Å². The van der Waals surface area contributed by atoms with E-state index < -0.39 is 0 Å². The minimum atomic E-state index is -0.212. The Labute approximate surface area is 152 Å². The van der Waals surface area contributed by atoms with Gasteiger partial charge in [0.2, 0.25) is 5.91 Å². The van der Waals surface area contributed by atoms with Crippen molar-refractivity contribution in [1.82, 2.24) is 15.5 Å². The first-order valence-corrected chi connectivity index (χ1v) is 9.23. The minimum absolute atomic E-state index is 0.000182. The Hall–Kier alpha value is -1.88. The van der Waals surface area contributed by atoms with Crippen molar-refractivity contribution >= 4 is 11.8 Å². The van der Waals surface area contributed by atoms with E-state index in [4.69, 9.17) is 0 Å². The number of likely N-dealkylation sites (N-methyl/N-ethyl adjacent to an activating group) is 1. The maximum atomic E-state index is 12.2. The number of aryl methyl sites for hydroxylation is 1. The summed E-state index contributed by atoms with van der Waals surface area (Å²) in [5.41, 5.74) is 1.51. The van der Waals surface area contributed by atoms with Crippen LogP contribution in [-0.2, 0) is 4.79 Å². The fourth-order valence-electron chi connectivity index (χ4n) is 3.02. The molecular weight excluding hydrogens is 314 g/mol. The highest BCUT2D eigenvalue weighted by molar-refractivity contribution is 5.97. The molecule has 0 aromatic heterocycles. The molecule has 0 aliphatic heterocycles. The van der Waals surface area contributed by atoms with E-state index in [1.54, 1.807) is 6.07 Å². The number of hydrogen-bond donors (Lipinski definition) is 2. The molecule has 5 nitrogen and oxygen atoms in total. The van der Waals surface area contributed by atoms with Crippen LogP contribution in [0.1, 0.15) is 50.0 Å². The van der Waals surface area contributed by atoms with E-state index in [-0.39, 0.29) is 18.4 Å². The predicted octanol–water partition coefficient (Wildman–Crippen LogP) is 2.60. The number of rotatable bonds is 10. The van der Waals surface area contributed by atoms with Gasteiger partial charge >= 0.3 is 0 Å². The minimum Gasteiger partial charge on any atom is -0.353 e. The Kier molecular flexibility index (Phi) is 9.21. The van der Waals surface area contributed by atoms with Gasteiger partial charge in [-0.3, -0.25) is 14.5 Å². The molecule has 25 heavy (non-hydrogen) atoms. The average Bonchev–Trinajstić information content (AvgIpc) is 2.58. The van der Waals surface area contributed by atoms with E-state index in [1.807, 2.05) is 25.1 Å². The molecule has 0 aliphatic rings. The van der Waals surface area contributed by atoms with Crippen molar-refractivity contribution in [1.29, 1.82) is 0 Å². The van der Waals surface area contributed by atoms with Crippen LogP contribution >= 0.6 is 0 Å². The summed E-state index contributed by atoms with van der Waals surface area (Å²) in [5.74, 6) is 0.210. The number of nitrogens with one attached hydrogen (secondary N) is 2. The molecule has 0 saturated carbocycles. The van der Waals surface area contributed by atoms with Gasteiger partial charge in [-0.25, -0.2) is 0 Å². The Morgan fingerprint density at radius 2 is 1.72 bits per heavy atom. The van der Waals surface area contributed by atoms with E-state index in [1.165, 1.54) is 0 Å². The summed E-state index contributed by atoms with van der Waals surface area (Å²) in [7, 11) is 0. The zero-order valence-corrected chi connectivity index (χ0v) is 16.3. The molecule has 2 N–H and O–H groups in total. The third-order valence-electron chi connectivity index (χ3n) is 4.41. The Morgan fingerprint density at radius 3 is 2.28 bits per heavy atom. The third-order valence-corrected chi connectivity index (χ3v) is 4.41. The van der Waals surface area contributed by atoms with Crippen molar-refractivity contribution in [2.75, 3.05) is 26.2 Å². The molecule has 0 heterocycles. The first-order chi connectivity index (χ1) is 11.9. The largest absolute Gasteiger partial charge is 0.353 e. The number of hydrogen-bond acceptors (Lipinski definition) is 3. The lowest BCUT2D eigenvalue weighted by atomic mass is 10.0. The molecule has 5 heteroatoms. The van der Waals surface area contributed by atoms with Crippen LogP contribution in [0.4, 0.5) is 0 Å². The lowest BCUT2D eigenvalue weighted by Gasteiger charge is -2.31. The summed E-state index contributed by atoms with van der Waals surface area (Å²) < 4.78 is 0. The molecular formula is C20H33N3O2. The van der Waals surface area contributed by atoms with Crippen molar-refractivity contribution < 1.29 is 9.59 Å². The first kappa shape index (κ1) is 21.2. The highest BCUT2D eigenvalue weighted by Crippen LogP contribution is 2.11. The van der Waals surface area contributed by atoms with Gasteiger partial charge in [-0.05, 0) is 44.0 Å². The fourth-order valence-corrected chi connectivity index (χ4v) is 3.02. The van der Waals surface area contributed by atoms with Gasteiger partial charge in [0, 0.05) is 18.2 Å². The smallest absolute Gasteiger partial charge is 0.251 e. The van der Waals surface area contributed by atoms with Crippen LogP contribution in [0.2, 0.25) is 0 Å². The van der Waals surface area contributed by atoms with Gasteiger partial charge < -0.3 is 10.6 Å². The van der Waals surface area contributed by atoms with Crippen molar-refractivity contribution in [2.24, 2.45) is 5.92 Å². The molecule has 0 spiro atoms. The van der Waals surface area contributed by atoms with Crippen LogP contribution < -0.4 is 10.6 Å². The van der Waals surface area contributed by atoms with Crippen molar-refractivity contribution in [3.63, 3.8) is 0 Å². The molecule has 1 rings (SSSR count). The Bertz CT molecular complexity index is 554. The summed E-state index contributed by atoms with van der Waals surface area (Å²) in [6.07, 6.45) is 1.04. The SMILES string of the molecule is CCN(CC)C(CNC(=O)CNC(=O)c1ccccc1C)CC(C)C. The highest BCUT2D eigenvalue weighted by atomic mass is 16.2. The zero-order valence-electron chi connectivity index (χ0n) is 16.3. The van der Waals surface area contributed by atoms with Crippen LogP contribution in [0.15, 0.2) is 24.3 Å². The third kappa shape index (κ3) is 7.26. The second-order valence-corrected chi connectivity index (χ2v) is 6.81.